The third-order valence-electron chi connectivity index (χ3n) is 4.67. The van der Waals surface area contributed by atoms with E-state index in [9.17, 15) is 0 Å². The fourth-order valence-electron chi connectivity index (χ4n) is 3.73. The van der Waals surface area contributed by atoms with Crippen molar-refractivity contribution in [2.45, 2.75) is 71.5 Å². The highest BCUT2D eigenvalue weighted by atomic mass is 15.2. The molecule has 0 spiro atoms. The molecule has 0 aromatic heterocycles. The highest BCUT2D eigenvalue weighted by molar-refractivity contribution is 4.93. The molecule has 1 saturated carbocycles. The summed E-state index contributed by atoms with van der Waals surface area (Å²) in [4.78, 5) is 2.63. The van der Waals surface area contributed by atoms with Gasteiger partial charge in [0.05, 0.1) is 0 Å². The van der Waals surface area contributed by atoms with Gasteiger partial charge in [0.2, 0.25) is 0 Å². The minimum atomic E-state index is 0.665. The van der Waals surface area contributed by atoms with Crippen molar-refractivity contribution in [2.75, 3.05) is 14.1 Å². The summed E-state index contributed by atoms with van der Waals surface area (Å²) in [6, 6.07) is 2.08. The first-order chi connectivity index (χ1) is 8.01. The summed E-state index contributed by atoms with van der Waals surface area (Å²) < 4.78 is 0. The van der Waals surface area contributed by atoms with Gasteiger partial charge < -0.3 is 5.32 Å². The molecule has 0 radical (unpaired) electrons. The molecular formula is C15H32N2. The molecule has 1 aliphatic carbocycles. The van der Waals surface area contributed by atoms with E-state index in [1.165, 1.54) is 25.7 Å². The summed E-state index contributed by atoms with van der Waals surface area (Å²) in [7, 11) is 4.45. The molecule has 102 valence electrons. The van der Waals surface area contributed by atoms with Crippen LogP contribution in [0, 0.1) is 11.8 Å². The number of rotatable bonds is 5. The number of hydrogen-bond donors (Lipinski definition) is 1. The minimum Gasteiger partial charge on any atom is -0.315 e. The van der Waals surface area contributed by atoms with Crippen LogP contribution in [-0.2, 0) is 0 Å². The molecule has 2 nitrogen and oxygen atoms in total. The van der Waals surface area contributed by atoms with Crippen LogP contribution >= 0.6 is 0 Å². The maximum atomic E-state index is 3.55. The van der Waals surface area contributed by atoms with E-state index in [2.05, 4.69) is 52.0 Å². The van der Waals surface area contributed by atoms with E-state index in [0.717, 1.165) is 11.8 Å². The molecule has 17 heavy (non-hydrogen) atoms. The molecule has 0 amide bonds. The molecule has 1 N–H and O–H groups in total. The van der Waals surface area contributed by atoms with Crippen LogP contribution in [-0.4, -0.2) is 37.1 Å². The Labute approximate surface area is 108 Å². The van der Waals surface area contributed by atoms with Gasteiger partial charge >= 0.3 is 0 Å². The SMILES string of the molecule is CCCC(C)N(C)C1C(C)CC(C)CC1NC. The summed E-state index contributed by atoms with van der Waals surface area (Å²) in [5.74, 6) is 1.68. The lowest BCUT2D eigenvalue weighted by molar-refractivity contribution is 0.0553. The second-order valence-electron chi connectivity index (χ2n) is 6.24. The lowest BCUT2D eigenvalue weighted by Crippen LogP contribution is -2.56. The molecule has 0 aromatic rings. The molecule has 5 unspecified atom stereocenters. The molecule has 2 heteroatoms. The van der Waals surface area contributed by atoms with Crippen LogP contribution in [0.2, 0.25) is 0 Å². The van der Waals surface area contributed by atoms with Gasteiger partial charge in [0.1, 0.15) is 0 Å². The van der Waals surface area contributed by atoms with Crippen molar-refractivity contribution in [1.29, 1.82) is 0 Å². The predicted octanol–water partition coefficient (Wildman–Crippen LogP) is 3.13. The van der Waals surface area contributed by atoms with Crippen molar-refractivity contribution in [3.8, 4) is 0 Å². The summed E-state index contributed by atoms with van der Waals surface area (Å²) in [5, 5.41) is 3.55. The number of nitrogens with one attached hydrogen (secondary N) is 1. The number of hydrogen-bond acceptors (Lipinski definition) is 2. The maximum Gasteiger partial charge on any atom is 0.0274 e. The first-order valence-corrected chi connectivity index (χ1v) is 7.40. The monoisotopic (exact) mass is 240 g/mol. The van der Waals surface area contributed by atoms with Crippen LogP contribution in [0.4, 0.5) is 0 Å². The second kappa shape index (κ2) is 6.75. The number of likely N-dealkylation sites (N-methyl/N-ethyl adjacent to an activating group) is 2. The van der Waals surface area contributed by atoms with Crippen molar-refractivity contribution in [3.63, 3.8) is 0 Å². The maximum absolute atomic E-state index is 3.55. The number of nitrogens with zero attached hydrogens (tertiary/aromatic N) is 1. The molecular weight excluding hydrogens is 208 g/mol. The highest BCUT2D eigenvalue weighted by Crippen LogP contribution is 2.32. The van der Waals surface area contributed by atoms with Crippen LogP contribution < -0.4 is 5.32 Å². The largest absolute Gasteiger partial charge is 0.315 e. The Bertz CT molecular complexity index is 217. The lowest BCUT2D eigenvalue weighted by Gasteiger charge is -2.46. The zero-order chi connectivity index (χ0) is 13.0. The van der Waals surface area contributed by atoms with Crippen molar-refractivity contribution in [3.05, 3.63) is 0 Å². The van der Waals surface area contributed by atoms with Crippen LogP contribution in [0.3, 0.4) is 0 Å². The molecule has 0 bridgehead atoms. The van der Waals surface area contributed by atoms with E-state index >= 15 is 0 Å². The van der Waals surface area contributed by atoms with Crippen LogP contribution in [0.15, 0.2) is 0 Å². The van der Waals surface area contributed by atoms with Gasteiger partial charge in [-0.05, 0) is 52.1 Å². The van der Waals surface area contributed by atoms with Gasteiger partial charge in [0, 0.05) is 18.1 Å². The molecule has 0 aliphatic heterocycles. The average Bonchev–Trinajstić information content (AvgIpc) is 2.27. The molecule has 1 rings (SSSR count). The fourth-order valence-corrected chi connectivity index (χ4v) is 3.73. The molecule has 0 saturated heterocycles. The van der Waals surface area contributed by atoms with Crippen LogP contribution in [0.1, 0.15) is 53.4 Å². The van der Waals surface area contributed by atoms with Crippen molar-refractivity contribution < 1.29 is 0 Å². The first kappa shape index (κ1) is 15.0. The Kier molecular flexibility index (Phi) is 5.94. The van der Waals surface area contributed by atoms with Crippen LogP contribution in [0.25, 0.3) is 0 Å². The fraction of sp³-hybridized carbons (Fsp3) is 1.00. The Hall–Kier alpha value is -0.0800. The van der Waals surface area contributed by atoms with E-state index in [1.54, 1.807) is 0 Å². The lowest BCUT2D eigenvalue weighted by atomic mass is 9.75. The standard InChI is InChI=1S/C15H32N2/c1-7-8-13(4)17(6)15-12(3)9-11(2)10-14(15)16-5/h11-16H,7-10H2,1-6H3. The van der Waals surface area contributed by atoms with Gasteiger partial charge in [0.15, 0.2) is 0 Å². The van der Waals surface area contributed by atoms with E-state index in [1.807, 2.05) is 0 Å². The van der Waals surface area contributed by atoms with E-state index in [4.69, 9.17) is 0 Å². The smallest absolute Gasteiger partial charge is 0.0274 e. The van der Waals surface area contributed by atoms with E-state index in [-0.39, 0.29) is 0 Å². The van der Waals surface area contributed by atoms with Gasteiger partial charge in [-0.1, -0.05) is 27.2 Å². The molecule has 1 fully saturated rings. The Balaban J connectivity index is 2.70. The quantitative estimate of drug-likeness (QED) is 0.794. The third kappa shape index (κ3) is 3.69. The Morgan fingerprint density at radius 2 is 1.94 bits per heavy atom. The van der Waals surface area contributed by atoms with Gasteiger partial charge in [0.25, 0.3) is 0 Å². The van der Waals surface area contributed by atoms with Crippen LogP contribution in [0.5, 0.6) is 0 Å². The molecule has 0 aromatic carbocycles. The topological polar surface area (TPSA) is 15.3 Å². The van der Waals surface area contributed by atoms with Gasteiger partial charge in [-0.15, -0.1) is 0 Å². The minimum absolute atomic E-state index is 0.665. The second-order valence-corrected chi connectivity index (χ2v) is 6.24. The highest BCUT2D eigenvalue weighted by Gasteiger charge is 2.36. The summed E-state index contributed by atoms with van der Waals surface area (Å²) in [6.07, 6.45) is 5.31. The Morgan fingerprint density at radius 1 is 1.29 bits per heavy atom. The molecule has 5 atom stereocenters. The van der Waals surface area contributed by atoms with Gasteiger partial charge in [-0.2, -0.15) is 0 Å². The van der Waals surface area contributed by atoms with Gasteiger partial charge in [-0.25, -0.2) is 0 Å². The van der Waals surface area contributed by atoms with E-state index in [0.29, 0.717) is 18.1 Å². The van der Waals surface area contributed by atoms with Crippen molar-refractivity contribution in [2.24, 2.45) is 11.8 Å². The van der Waals surface area contributed by atoms with E-state index < -0.39 is 0 Å². The normalized spacial score (nSPS) is 36.2. The summed E-state index contributed by atoms with van der Waals surface area (Å²) in [5.41, 5.74) is 0. The average molecular weight is 240 g/mol. The van der Waals surface area contributed by atoms with Gasteiger partial charge in [-0.3, -0.25) is 4.90 Å². The predicted molar refractivity (Wildman–Crippen MR) is 76.3 cm³/mol. The Morgan fingerprint density at radius 3 is 2.47 bits per heavy atom. The molecule has 0 heterocycles. The summed E-state index contributed by atoms with van der Waals surface area (Å²) >= 11 is 0. The molecule has 1 aliphatic rings. The first-order valence-electron chi connectivity index (χ1n) is 7.40. The van der Waals surface area contributed by atoms with Crippen molar-refractivity contribution >= 4 is 0 Å². The van der Waals surface area contributed by atoms with Crippen molar-refractivity contribution in [1.82, 2.24) is 10.2 Å². The zero-order valence-electron chi connectivity index (χ0n) is 12.7. The summed E-state index contributed by atoms with van der Waals surface area (Å²) in [6.45, 7) is 9.49. The third-order valence-corrected chi connectivity index (χ3v) is 4.67. The zero-order valence-corrected chi connectivity index (χ0v) is 12.7.